The van der Waals surface area contributed by atoms with Crippen LogP contribution in [0.5, 0.6) is 0 Å². The first-order valence-electron chi connectivity index (χ1n) is 6.48. The fourth-order valence-corrected chi connectivity index (χ4v) is 2.75. The zero-order chi connectivity index (χ0) is 13.7. The van der Waals surface area contributed by atoms with Gasteiger partial charge in [-0.2, -0.15) is 0 Å². The van der Waals surface area contributed by atoms with E-state index < -0.39 is 0 Å². The third kappa shape index (κ3) is 5.19. The molecule has 0 aliphatic carbocycles. The summed E-state index contributed by atoms with van der Waals surface area (Å²) >= 11 is 1.79. The van der Waals surface area contributed by atoms with Gasteiger partial charge >= 0.3 is 0 Å². The van der Waals surface area contributed by atoms with Crippen molar-refractivity contribution >= 4 is 17.2 Å². The molecular formula is C14H24N2OS. The number of nitrogens with one attached hydrogen (secondary N) is 1. The van der Waals surface area contributed by atoms with Gasteiger partial charge in [0.15, 0.2) is 0 Å². The first-order valence-corrected chi connectivity index (χ1v) is 7.30. The third-order valence-corrected chi connectivity index (χ3v) is 4.01. The number of amides is 1. The van der Waals surface area contributed by atoms with Crippen LogP contribution < -0.4 is 11.1 Å². The average molecular weight is 268 g/mol. The van der Waals surface area contributed by atoms with Crippen LogP contribution in [-0.2, 0) is 11.2 Å². The molecule has 3 nitrogen and oxygen atoms in total. The van der Waals surface area contributed by atoms with E-state index in [0.717, 1.165) is 6.42 Å². The number of thiophene rings is 1. The van der Waals surface area contributed by atoms with Crippen molar-refractivity contribution in [3.63, 3.8) is 0 Å². The predicted molar refractivity (Wildman–Crippen MR) is 77.8 cm³/mol. The zero-order valence-electron chi connectivity index (χ0n) is 11.7. The number of carbonyl (C=O) groups excluding carboxylic acids is 1. The van der Waals surface area contributed by atoms with E-state index in [2.05, 4.69) is 24.4 Å². The number of carbonyl (C=O) groups is 1. The van der Waals surface area contributed by atoms with Gasteiger partial charge in [0.1, 0.15) is 0 Å². The second-order valence-corrected chi connectivity index (χ2v) is 6.67. The number of hydrogen-bond donors (Lipinski definition) is 2. The topological polar surface area (TPSA) is 55.1 Å². The summed E-state index contributed by atoms with van der Waals surface area (Å²) in [5, 5.41) is 3.01. The van der Waals surface area contributed by atoms with Crippen molar-refractivity contribution < 1.29 is 4.79 Å². The van der Waals surface area contributed by atoms with Crippen LogP contribution in [0.2, 0.25) is 0 Å². The van der Waals surface area contributed by atoms with E-state index in [1.807, 2.05) is 20.8 Å². The molecule has 0 saturated heterocycles. The Labute approximate surface area is 114 Å². The summed E-state index contributed by atoms with van der Waals surface area (Å²) in [6.07, 6.45) is 1.30. The van der Waals surface area contributed by atoms with Gasteiger partial charge in [0.25, 0.3) is 0 Å². The van der Waals surface area contributed by atoms with Gasteiger partial charge in [-0.1, -0.05) is 13.8 Å². The van der Waals surface area contributed by atoms with Gasteiger partial charge in [-0.3, -0.25) is 4.79 Å². The Morgan fingerprint density at radius 3 is 2.56 bits per heavy atom. The molecule has 102 valence electrons. The van der Waals surface area contributed by atoms with Crippen molar-refractivity contribution in [1.29, 1.82) is 0 Å². The summed E-state index contributed by atoms with van der Waals surface area (Å²) in [6.45, 7) is 8.21. The van der Waals surface area contributed by atoms with Crippen LogP contribution in [0.3, 0.4) is 0 Å². The van der Waals surface area contributed by atoms with Crippen LogP contribution in [0.1, 0.15) is 36.9 Å². The summed E-state index contributed by atoms with van der Waals surface area (Å²) < 4.78 is 0. The average Bonchev–Trinajstić information content (AvgIpc) is 2.62. The molecule has 1 rings (SSSR count). The Morgan fingerprint density at radius 1 is 1.39 bits per heavy atom. The highest BCUT2D eigenvalue weighted by molar-refractivity contribution is 7.11. The van der Waals surface area contributed by atoms with Crippen molar-refractivity contribution in [2.24, 2.45) is 11.7 Å². The molecule has 2 unspecified atom stereocenters. The lowest BCUT2D eigenvalue weighted by molar-refractivity contribution is -0.122. The van der Waals surface area contributed by atoms with E-state index in [-0.39, 0.29) is 18.0 Å². The molecule has 0 aromatic carbocycles. The maximum Gasteiger partial charge on any atom is 0.221 e. The lowest BCUT2D eigenvalue weighted by Crippen LogP contribution is -2.39. The summed E-state index contributed by atoms with van der Waals surface area (Å²) in [6, 6.07) is 4.35. The molecule has 1 amide bonds. The van der Waals surface area contributed by atoms with E-state index in [4.69, 9.17) is 5.73 Å². The molecule has 1 heterocycles. The van der Waals surface area contributed by atoms with Crippen LogP contribution in [0, 0.1) is 12.8 Å². The molecule has 0 spiro atoms. The Kier molecular flexibility index (Phi) is 5.82. The van der Waals surface area contributed by atoms with E-state index in [1.165, 1.54) is 9.75 Å². The van der Waals surface area contributed by atoms with Crippen molar-refractivity contribution in [2.75, 3.05) is 0 Å². The largest absolute Gasteiger partial charge is 0.353 e. The minimum Gasteiger partial charge on any atom is -0.353 e. The van der Waals surface area contributed by atoms with E-state index in [0.29, 0.717) is 12.3 Å². The second kappa shape index (κ2) is 6.90. The number of rotatable bonds is 6. The SMILES string of the molecule is Cc1ccc(CC(C)NC(=O)CC(N)C(C)C)s1. The second-order valence-electron chi connectivity index (χ2n) is 5.30. The normalized spacial score (nSPS) is 14.6. The minimum atomic E-state index is -0.0545. The Balaban J connectivity index is 2.35. The summed E-state index contributed by atoms with van der Waals surface area (Å²) in [7, 11) is 0. The van der Waals surface area contributed by atoms with Gasteiger partial charge in [0.05, 0.1) is 0 Å². The molecule has 0 aliphatic heterocycles. The predicted octanol–water partition coefficient (Wildman–Crippen LogP) is 2.48. The fourth-order valence-electron chi connectivity index (χ4n) is 1.73. The molecule has 0 saturated carbocycles. The smallest absolute Gasteiger partial charge is 0.221 e. The quantitative estimate of drug-likeness (QED) is 0.833. The van der Waals surface area contributed by atoms with E-state index >= 15 is 0 Å². The highest BCUT2D eigenvalue weighted by Crippen LogP contribution is 2.16. The highest BCUT2D eigenvalue weighted by Gasteiger charge is 2.15. The molecule has 18 heavy (non-hydrogen) atoms. The summed E-state index contributed by atoms with van der Waals surface area (Å²) in [5.74, 6) is 0.392. The monoisotopic (exact) mass is 268 g/mol. The molecule has 2 atom stereocenters. The molecule has 0 fully saturated rings. The fraction of sp³-hybridized carbons (Fsp3) is 0.643. The molecule has 1 aromatic heterocycles. The van der Waals surface area contributed by atoms with Gasteiger partial charge in [-0.05, 0) is 31.9 Å². The first-order chi connectivity index (χ1) is 8.38. The number of hydrogen-bond acceptors (Lipinski definition) is 3. The molecule has 1 aromatic rings. The minimum absolute atomic E-state index is 0.0528. The van der Waals surface area contributed by atoms with Gasteiger partial charge in [-0.15, -0.1) is 11.3 Å². The highest BCUT2D eigenvalue weighted by atomic mass is 32.1. The van der Waals surface area contributed by atoms with Gasteiger partial charge < -0.3 is 11.1 Å². The van der Waals surface area contributed by atoms with Gasteiger partial charge in [-0.25, -0.2) is 0 Å². The standard InChI is InChI=1S/C14H24N2OS/c1-9(2)13(15)8-14(17)16-10(3)7-12-6-5-11(4)18-12/h5-6,9-10,13H,7-8,15H2,1-4H3,(H,16,17). The third-order valence-electron chi connectivity index (χ3n) is 2.99. The van der Waals surface area contributed by atoms with Crippen LogP contribution in [0.15, 0.2) is 12.1 Å². The molecular weight excluding hydrogens is 244 g/mol. The van der Waals surface area contributed by atoms with Crippen LogP contribution in [0.4, 0.5) is 0 Å². The van der Waals surface area contributed by atoms with Crippen molar-refractivity contribution in [2.45, 2.75) is 52.6 Å². The molecule has 3 N–H and O–H groups in total. The molecule has 0 aliphatic rings. The maximum absolute atomic E-state index is 11.8. The van der Waals surface area contributed by atoms with E-state index in [9.17, 15) is 4.79 Å². The van der Waals surface area contributed by atoms with Crippen LogP contribution >= 0.6 is 11.3 Å². The Bertz CT molecular complexity index is 387. The number of nitrogens with two attached hydrogens (primary N) is 1. The summed E-state index contributed by atoms with van der Waals surface area (Å²) in [4.78, 5) is 14.4. The molecule has 0 bridgehead atoms. The number of aryl methyl sites for hydroxylation is 1. The van der Waals surface area contributed by atoms with Crippen molar-refractivity contribution in [3.05, 3.63) is 21.9 Å². The molecule has 4 heteroatoms. The van der Waals surface area contributed by atoms with Crippen molar-refractivity contribution in [1.82, 2.24) is 5.32 Å². The van der Waals surface area contributed by atoms with Crippen LogP contribution in [0.25, 0.3) is 0 Å². The van der Waals surface area contributed by atoms with Gasteiger partial charge in [0, 0.05) is 34.7 Å². The maximum atomic E-state index is 11.8. The Hall–Kier alpha value is -0.870. The Morgan fingerprint density at radius 2 is 2.06 bits per heavy atom. The van der Waals surface area contributed by atoms with E-state index in [1.54, 1.807) is 11.3 Å². The zero-order valence-corrected chi connectivity index (χ0v) is 12.5. The first kappa shape index (κ1) is 15.2. The van der Waals surface area contributed by atoms with Crippen molar-refractivity contribution in [3.8, 4) is 0 Å². The van der Waals surface area contributed by atoms with Crippen LogP contribution in [-0.4, -0.2) is 18.0 Å². The lowest BCUT2D eigenvalue weighted by atomic mass is 10.0. The summed E-state index contributed by atoms with van der Waals surface area (Å²) in [5.41, 5.74) is 5.89. The molecule has 0 radical (unpaired) electrons. The van der Waals surface area contributed by atoms with Gasteiger partial charge in [0.2, 0.25) is 5.91 Å². The lowest BCUT2D eigenvalue weighted by Gasteiger charge is -2.18.